The van der Waals surface area contributed by atoms with Crippen molar-refractivity contribution in [3.05, 3.63) is 34.2 Å². The number of H-pyrrole nitrogens is 1. The molecule has 2 aliphatic rings. The summed E-state index contributed by atoms with van der Waals surface area (Å²) in [5.41, 5.74) is 0.0596. The Balaban J connectivity index is 1.64. The summed E-state index contributed by atoms with van der Waals surface area (Å²) in [5.74, 6) is -0.183. The first kappa shape index (κ1) is 14.3. The summed E-state index contributed by atoms with van der Waals surface area (Å²) >= 11 is 0. The number of hydrogen-bond acceptors (Lipinski definition) is 4. The van der Waals surface area contributed by atoms with Gasteiger partial charge in [-0.3, -0.25) is 9.59 Å². The van der Waals surface area contributed by atoms with Gasteiger partial charge in [0.1, 0.15) is 0 Å². The van der Waals surface area contributed by atoms with Crippen LogP contribution < -0.4 is 16.2 Å². The summed E-state index contributed by atoms with van der Waals surface area (Å²) < 4.78 is 6.00. The zero-order valence-corrected chi connectivity index (χ0v) is 12.0. The van der Waals surface area contributed by atoms with Gasteiger partial charge in [0.15, 0.2) is 0 Å². The Morgan fingerprint density at radius 1 is 1.38 bits per heavy atom. The van der Waals surface area contributed by atoms with E-state index in [0.29, 0.717) is 12.2 Å². The lowest BCUT2D eigenvalue weighted by atomic mass is 9.83. The summed E-state index contributed by atoms with van der Waals surface area (Å²) in [6.07, 6.45) is 5.15. The van der Waals surface area contributed by atoms with Crippen molar-refractivity contribution in [3.63, 3.8) is 0 Å². The molecule has 0 radical (unpaired) electrons. The van der Waals surface area contributed by atoms with Gasteiger partial charge in [0.05, 0.1) is 5.60 Å². The molecule has 0 aliphatic carbocycles. The fraction of sp³-hybridized carbons (Fsp3) is 0.600. The quantitative estimate of drug-likeness (QED) is 0.737. The molecular weight excluding hydrogens is 270 g/mol. The van der Waals surface area contributed by atoms with Gasteiger partial charge in [-0.15, -0.1) is 0 Å². The Morgan fingerprint density at radius 2 is 2.19 bits per heavy atom. The van der Waals surface area contributed by atoms with Crippen molar-refractivity contribution >= 4 is 5.91 Å². The lowest BCUT2D eigenvalue weighted by Gasteiger charge is -2.43. The van der Waals surface area contributed by atoms with Crippen LogP contribution in [-0.4, -0.2) is 42.2 Å². The van der Waals surface area contributed by atoms with Gasteiger partial charge >= 0.3 is 0 Å². The largest absolute Gasteiger partial charge is 0.375 e. The molecule has 3 heterocycles. The monoisotopic (exact) mass is 291 g/mol. The van der Waals surface area contributed by atoms with Gasteiger partial charge < -0.3 is 20.4 Å². The standard InChI is InChI=1S/C15H21N3O3/c19-13-9-11(1-5-17-13)14(20)18-12-2-8-21-15(10-12)3-6-16-7-4-15/h1,5,9,12,16H,2-4,6-8,10H2,(H,17,19)(H,18,20). The van der Waals surface area contributed by atoms with Crippen molar-refractivity contribution in [2.75, 3.05) is 19.7 Å². The van der Waals surface area contributed by atoms with Crippen LogP contribution in [0.4, 0.5) is 0 Å². The second-order valence-electron chi connectivity index (χ2n) is 5.89. The van der Waals surface area contributed by atoms with Crippen molar-refractivity contribution in [1.29, 1.82) is 0 Å². The van der Waals surface area contributed by atoms with Crippen LogP contribution in [0.3, 0.4) is 0 Å². The molecule has 3 rings (SSSR count). The first-order valence-electron chi connectivity index (χ1n) is 7.51. The molecule has 2 saturated heterocycles. The molecule has 6 nitrogen and oxygen atoms in total. The van der Waals surface area contributed by atoms with E-state index < -0.39 is 0 Å². The molecule has 0 bridgehead atoms. The third-order valence-electron chi connectivity index (χ3n) is 4.38. The Labute approximate surface area is 123 Å². The van der Waals surface area contributed by atoms with Gasteiger partial charge in [-0.25, -0.2) is 0 Å². The first-order valence-corrected chi connectivity index (χ1v) is 7.51. The topological polar surface area (TPSA) is 83.2 Å². The highest BCUT2D eigenvalue weighted by molar-refractivity contribution is 5.94. The number of pyridine rings is 1. The molecule has 1 unspecified atom stereocenters. The van der Waals surface area contributed by atoms with Crippen molar-refractivity contribution in [2.45, 2.75) is 37.3 Å². The highest BCUT2D eigenvalue weighted by Crippen LogP contribution is 2.33. The number of nitrogens with one attached hydrogen (secondary N) is 3. The second-order valence-corrected chi connectivity index (χ2v) is 5.89. The predicted octanol–water partition coefficient (Wildman–Crippen LogP) is 0.406. The second kappa shape index (κ2) is 5.99. The molecule has 1 amide bonds. The molecule has 1 aromatic heterocycles. The van der Waals surface area contributed by atoms with E-state index in [0.717, 1.165) is 38.8 Å². The smallest absolute Gasteiger partial charge is 0.251 e. The van der Waals surface area contributed by atoms with E-state index in [9.17, 15) is 9.59 Å². The third-order valence-corrected chi connectivity index (χ3v) is 4.38. The van der Waals surface area contributed by atoms with Crippen LogP contribution in [-0.2, 0) is 4.74 Å². The number of carbonyl (C=O) groups is 1. The van der Waals surface area contributed by atoms with E-state index >= 15 is 0 Å². The Kier molecular flexibility index (Phi) is 4.07. The van der Waals surface area contributed by atoms with Gasteiger partial charge in [-0.05, 0) is 44.8 Å². The summed E-state index contributed by atoms with van der Waals surface area (Å²) in [5, 5.41) is 6.38. The molecule has 2 fully saturated rings. The van der Waals surface area contributed by atoms with E-state index in [1.54, 1.807) is 6.07 Å². The molecular formula is C15H21N3O3. The van der Waals surface area contributed by atoms with Crippen LogP contribution in [0, 0.1) is 0 Å². The van der Waals surface area contributed by atoms with Gasteiger partial charge in [0.25, 0.3) is 5.91 Å². The molecule has 1 aromatic rings. The number of hydrogen-bond donors (Lipinski definition) is 3. The number of carbonyl (C=O) groups excluding carboxylic acids is 1. The molecule has 1 spiro atoms. The molecule has 21 heavy (non-hydrogen) atoms. The van der Waals surface area contributed by atoms with E-state index in [1.165, 1.54) is 12.3 Å². The van der Waals surface area contributed by atoms with Crippen LogP contribution in [0.15, 0.2) is 23.1 Å². The van der Waals surface area contributed by atoms with Gasteiger partial charge in [-0.2, -0.15) is 0 Å². The SMILES string of the molecule is O=C(NC1CCOC2(CCNCC2)C1)c1cc[nH]c(=O)c1. The number of ether oxygens (including phenoxy) is 1. The average molecular weight is 291 g/mol. The Hall–Kier alpha value is -1.66. The minimum atomic E-state index is -0.260. The number of rotatable bonds is 2. The molecule has 2 aliphatic heterocycles. The highest BCUT2D eigenvalue weighted by atomic mass is 16.5. The zero-order valence-electron chi connectivity index (χ0n) is 12.0. The van der Waals surface area contributed by atoms with Crippen molar-refractivity contribution in [2.24, 2.45) is 0 Å². The number of aromatic amines is 1. The van der Waals surface area contributed by atoms with Crippen LogP contribution in [0.1, 0.15) is 36.0 Å². The van der Waals surface area contributed by atoms with E-state index in [1.807, 2.05) is 0 Å². The van der Waals surface area contributed by atoms with E-state index in [-0.39, 0.29) is 23.1 Å². The number of piperidine rings is 1. The minimum Gasteiger partial charge on any atom is -0.375 e. The maximum atomic E-state index is 12.2. The third kappa shape index (κ3) is 3.33. The molecule has 0 saturated carbocycles. The van der Waals surface area contributed by atoms with Crippen LogP contribution in [0.5, 0.6) is 0 Å². The lowest BCUT2D eigenvalue weighted by Crippen LogP contribution is -2.53. The van der Waals surface area contributed by atoms with Crippen LogP contribution in [0.2, 0.25) is 0 Å². The van der Waals surface area contributed by atoms with Crippen molar-refractivity contribution in [3.8, 4) is 0 Å². The summed E-state index contributed by atoms with van der Waals surface area (Å²) in [4.78, 5) is 26.0. The normalized spacial score (nSPS) is 24.7. The van der Waals surface area contributed by atoms with Gasteiger partial charge in [0.2, 0.25) is 5.56 Å². The number of amides is 1. The zero-order chi connectivity index (χ0) is 14.7. The van der Waals surface area contributed by atoms with Crippen LogP contribution in [0.25, 0.3) is 0 Å². The predicted molar refractivity (Wildman–Crippen MR) is 78.3 cm³/mol. The maximum absolute atomic E-state index is 12.2. The lowest BCUT2D eigenvalue weighted by molar-refractivity contribution is -0.104. The molecule has 1 atom stereocenters. The molecule has 114 valence electrons. The Bertz CT molecular complexity index is 558. The van der Waals surface area contributed by atoms with Crippen molar-refractivity contribution < 1.29 is 9.53 Å². The number of aromatic nitrogens is 1. The van der Waals surface area contributed by atoms with Crippen LogP contribution >= 0.6 is 0 Å². The average Bonchev–Trinajstić information content (AvgIpc) is 2.48. The van der Waals surface area contributed by atoms with Gasteiger partial charge in [-0.1, -0.05) is 0 Å². The van der Waals surface area contributed by atoms with Crippen molar-refractivity contribution in [1.82, 2.24) is 15.6 Å². The fourth-order valence-electron chi connectivity index (χ4n) is 3.24. The fourth-order valence-corrected chi connectivity index (χ4v) is 3.24. The minimum absolute atomic E-state index is 0.0877. The highest BCUT2D eigenvalue weighted by Gasteiger charge is 2.38. The molecule has 0 aromatic carbocycles. The summed E-state index contributed by atoms with van der Waals surface area (Å²) in [6.45, 7) is 2.61. The molecule has 6 heteroatoms. The van der Waals surface area contributed by atoms with Gasteiger partial charge in [0, 0.05) is 30.5 Å². The van der Waals surface area contributed by atoms with E-state index in [2.05, 4.69) is 15.6 Å². The summed E-state index contributed by atoms with van der Waals surface area (Å²) in [6, 6.07) is 3.06. The molecule has 3 N–H and O–H groups in total. The first-order chi connectivity index (χ1) is 10.2. The van der Waals surface area contributed by atoms with E-state index in [4.69, 9.17) is 4.74 Å². The summed E-state index contributed by atoms with van der Waals surface area (Å²) in [7, 11) is 0. The Morgan fingerprint density at radius 3 is 2.95 bits per heavy atom. The maximum Gasteiger partial charge on any atom is 0.251 e.